The molecule has 0 aromatic carbocycles. The second-order valence-corrected chi connectivity index (χ2v) is 5.26. The average Bonchev–Trinajstić information content (AvgIpc) is 2.81. The zero-order valence-electron chi connectivity index (χ0n) is 10.9. The summed E-state index contributed by atoms with van der Waals surface area (Å²) in [6.07, 6.45) is 4.14. The summed E-state index contributed by atoms with van der Waals surface area (Å²) in [4.78, 5) is 17.5. The molecule has 2 heterocycles. The molecule has 5 heteroatoms. The van der Waals surface area contributed by atoms with Gasteiger partial charge < -0.3 is 9.47 Å². The Morgan fingerprint density at radius 1 is 1.47 bits per heavy atom. The molecule has 4 nitrogen and oxygen atoms in total. The van der Waals surface area contributed by atoms with E-state index < -0.39 is 0 Å². The highest BCUT2D eigenvalue weighted by Crippen LogP contribution is 2.29. The third-order valence-corrected chi connectivity index (χ3v) is 3.58. The lowest BCUT2D eigenvalue weighted by Gasteiger charge is -2.04. The summed E-state index contributed by atoms with van der Waals surface area (Å²) in [5.41, 5.74) is 1.05. The molecule has 0 radical (unpaired) electrons. The molecular formula is C14H15NO3S. The topological polar surface area (TPSA) is 48.4 Å². The molecule has 2 aromatic rings. The lowest BCUT2D eigenvalue weighted by atomic mass is 10.2. The monoisotopic (exact) mass is 277 g/mol. The molecule has 0 fully saturated rings. The van der Waals surface area contributed by atoms with E-state index in [4.69, 9.17) is 9.47 Å². The van der Waals surface area contributed by atoms with E-state index in [1.807, 2.05) is 25.1 Å². The second kappa shape index (κ2) is 6.33. The summed E-state index contributed by atoms with van der Waals surface area (Å²) < 4.78 is 10.4. The minimum absolute atomic E-state index is 0.334. The Hall–Kier alpha value is -1.88. The molecule has 0 bridgehead atoms. The zero-order valence-corrected chi connectivity index (χ0v) is 11.7. The first kappa shape index (κ1) is 13.5. The van der Waals surface area contributed by atoms with Crippen LogP contribution < -0.4 is 4.74 Å². The number of aromatic nitrogens is 1. The number of hydrogen-bond donors (Lipinski definition) is 0. The molecule has 19 heavy (non-hydrogen) atoms. The van der Waals surface area contributed by atoms with Crippen molar-refractivity contribution in [1.82, 2.24) is 4.98 Å². The van der Waals surface area contributed by atoms with E-state index in [0.29, 0.717) is 23.7 Å². The van der Waals surface area contributed by atoms with E-state index >= 15 is 0 Å². The van der Waals surface area contributed by atoms with Gasteiger partial charge in [0, 0.05) is 23.7 Å². The molecule has 0 unspecified atom stereocenters. The third kappa shape index (κ3) is 3.54. The summed E-state index contributed by atoms with van der Waals surface area (Å²) in [5, 5.41) is 0. The lowest BCUT2D eigenvalue weighted by molar-refractivity contribution is 0.0511. The Morgan fingerprint density at radius 3 is 3.00 bits per heavy atom. The molecule has 0 aliphatic carbocycles. The normalized spacial score (nSPS) is 10.2. The third-order valence-electron chi connectivity index (χ3n) is 2.57. The van der Waals surface area contributed by atoms with E-state index in [9.17, 15) is 4.79 Å². The molecular weight excluding hydrogens is 262 g/mol. The van der Waals surface area contributed by atoms with Gasteiger partial charge in [0.25, 0.3) is 0 Å². The maximum atomic E-state index is 11.9. The van der Waals surface area contributed by atoms with Crippen LogP contribution in [0.2, 0.25) is 0 Å². The van der Waals surface area contributed by atoms with Gasteiger partial charge in [-0.25, -0.2) is 4.79 Å². The molecule has 0 aliphatic rings. The second-order valence-electron chi connectivity index (χ2n) is 4.00. The SMILES string of the molecule is COc1cc(C)sc1C(=O)OCCc1cccnc1. The number of hydrogen-bond acceptors (Lipinski definition) is 5. The predicted molar refractivity (Wildman–Crippen MR) is 73.8 cm³/mol. The number of rotatable bonds is 5. The molecule has 2 aromatic heterocycles. The van der Waals surface area contributed by atoms with Crippen LogP contribution in [0.5, 0.6) is 5.75 Å². The van der Waals surface area contributed by atoms with Gasteiger partial charge in [-0.05, 0) is 24.6 Å². The summed E-state index contributed by atoms with van der Waals surface area (Å²) in [6.45, 7) is 2.27. The fraction of sp³-hybridized carbons (Fsp3) is 0.286. The largest absolute Gasteiger partial charge is 0.495 e. The summed E-state index contributed by atoms with van der Waals surface area (Å²) >= 11 is 1.38. The minimum Gasteiger partial charge on any atom is -0.495 e. The molecule has 0 spiro atoms. The standard InChI is InChI=1S/C14H15NO3S/c1-10-8-12(17-2)13(19-10)14(16)18-7-5-11-4-3-6-15-9-11/h3-4,6,8-9H,5,7H2,1-2H3. The van der Waals surface area contributed by atoms with E-state index in [1.165, 1.54) is 11.3 Å². The number of pyridine rings is 1. The molecule has 0 saturated carbocycles. The van der Waals surface area contributed by atoms with Crippen LogP contribution in [0, 0.1) is 6.92 Å². The maximum absolute atomic E-state index is 11.9. The Balaban J connectivity index is 1.91. The number of nitrogens with zero attached hydrogens (tertiary/aromatic N) is 1. The first-order valence-corrected chi connectivity index (χ1v) is 6.73. The molecule has 0 saturated heterocycles. The van der Waals surface area contributed by atoms with Gasteiger partial charge in [-0.15, -0.1) is 11.3 Å². The van der Waals surface area contributed by atoms with Gasteiger partial charge in [-0.1, -0.05) is 6.07 Å². The summed E-state index contributed by atoms with van der Waals surface area (Å²) in [7, 11) is 1.55. The van der Waals surface area contributed by atoms with Gasteiger partial charge in [-0.2, -0.15) is 0 Å². The Labute approximate surface area is 116 Å². The van der Waals surface area contributed by atoms with E-state index in [-0.39, 0.29) is 5.97 Å². The van der Waals surface area contributed by atoms with Crippen LogP contribution in [-0.2, 0) is 11.2 Å². The quantitative estimate of drug-likeness (QED) is 0.788. The number of thiophene rings is 1. The molecule has 0 N–H and O–H groups in total. The molecule has 100 valence electrons. The van der Waals surface area contributed by atoms with Crippen LogP contribution in [-0.4, -0.2) is 24.7 Å². The lowest BCUT2D eigenvalue weighted by Crippen LogP contribution is -2.07. The Morgan fingerprint density at radius 2 is 2.32 bits per heavy atom. The van der Waals surface area contributed by atoms with Crippen LogP contribution in [0.1, 0.15) is 20.1 Å². The number of aryl methyl sites for hydroxylation is 1. The van der Waals surface area contributed by atoms with Gasteiger partial charge in [0.1, 0.15) is 5.75 Å². The van der Waals surface area contributed by atoms with Crippen molar-refractivity contribution in [3.63, 3.8) is 0 Å². The Bertz CT molecular complexity index is 551. The number of methoxy groups -OCH3 is 1. The van der Waals surface area contributed by atoms with Crippen molar-refractivity contribution in [2.75, 3.05) is 13.7 Å². The van der Waals surface area contributed by atoms with Crippen molar-refractivity contribution in [2.24, 2.45) is 0 Å². The maximum Gasteiger partial charge on any atom is 0.352 e. The van der Waals surface area contributed by atoms with Crippen LogP contribution in [0.3, 0.4) is 0 Å². The van der Waals surface area contributed by atoms with Gasteiger partial charge in [0.15, 0.2) is 4.88 Å². The first-order valence-electron chi connectivity index (χ1n) is 5.91. The smallest absolute Gasteiger partial charge is 0.352 e. The molecule has 2 rings (SSSR count). The van der Waals surface area contributed by atoms with Crippen LogP contribution >= 0.6 is 11.3 Å². The highest BCUT2D eigenvalue weighted by molar-refractivity contribution is 7.14. The first-order chi connectivity index (χ1) is 9.20. The van der Waals surface area contributed by atoms with Gasteiger partial charge in [-0.3, -0.25) is 4.98 Å². The van der Waals surface area contributed by atoms with Gasteiger partial charge in [0.05, 0.1) is 13.7 Å². The number of ether oxygens (including phenoxy) is 2. The average molecular weight is 277 g/mol. The minimum atomic E-state index is -0.334. The van der Waals surface area contributed by atoms with E-state index in [2.05, 4.69) is 4.98 Å². The van der Waals surface area contributed by atoms with Crippen molar-refractivity contribution in [2.45, 2.75) is 13.3 Å². The Kier molecular flexibility index (Phi) is 4.52. The van der Waals surface area contributed by atoms with Crippen LogP contribution in [0.4, 0.5) is 0 Å². The summed E-state index contributed by atoms with van der Waals surface area (Å²) in [6, 6.07) is 5.65. The molecule has 0 amide bonds. The van der Waals surface area contributed by atoms with Gasteiger partial charge >= 0.3 is 5.97 Å². The van der Waals surface area contributed by atoms with E-state index in [0.717, 1.165) is 10.4 Å². The van der Waals surface area contributed by atoms with Crippen molar-refractivity contribution in [3.05, 3.63) is 45.9 Å². The van der Waals surface area contributed by atoms with Crippen LogP contribution in [0.25, 0.3) is 0 Å². The van der Waals surface area contributed by atoms with Crippen molar-refractivity contribution < 1.29 is 14.3 Å². The fourth-order valence-electron chi connectivity index (χ4n) is 1.66. The highest BCUT2D eigenvalue weighted by Gasteiger charge is 2.17. The van der Waals surface area contributed by atoms with Crippen molar-refractivity contribution in [3.8, 4) is 5.75 Å². The number of carbonyl (C=O) groups is 1. The number of esters is 1. The van der Waals surface area contributed by atoms with Crippen LogP contribution in [0.15, 0.2) is 30.6 Å². The summed E-state index contributed by atoms with van der Waals surface area (Å²) in [5.74, 6) is 0.243. The van der Waals surface area contributed by atoms with Crippen molar-refractivity contribution >= 4 is 17.3 Å². The zero-order chi connectivity index (χ0) is 13.7. The van der Waals surface area contributed by atoms with Gasteiger partial charge in [0.2, 0.25) is 0 Å². The molecule has 0 atom stereocenters. The highest BCUT2D eigenvalue weighted by atomic mass is 32.1. The molecule has 0 aliphatic heterocycles. The van der Waals surface area contributed by atoms with E-state index in [1.54, 1.807) is 19.5 Å². The number of carbonyl (C=O) groups excluding carboxylic acids is 1. The van der Waals surface area contributed by atoms with Crippen molar-refractivity contribution in [1.29, 1.82) is 0 Å². The predicted octanol–water partition coefficient (Wildman–Crippen LogP) is 2.86. The fourth-order valence-corrected chi connectivity index (χ4v) is 2.53.